The van der Waals surface area contributed by atoms with Gasteiger partial charge in [0.25, 0.3) is 5.91 Å². The Balaban J connectivity index is 1.29. The molecule has 0 bridgehead atoms. The molecule has 7 nitrogen and oxygen atoms in total. The lowest BCUT2D eigenvalue weighted by Gasteiger charge is -2.41. The van der Waals surface area contributed by atoms with Crippen LogP contribution in [0.2, 0.25) is 0 Å². The molecule has 3 aromatic rings. The number of esters is 1. The summed E-state index contributed by atoms with van der Waals surface area (Å²) in [5.41, 5.74) is 8.02. The van der Waals surface area contributed by atoms with Gasteiger partial charge in [0.1, 0.15) is 10.8 Å². The first-order valence-corrected chi connectivity index (χ1v) is 13.2. The average Bonchev–Trinajstić information content (AvgIpc) is 3.55. The van der Waals surface area contributed by atoms with Gasteiger partial charge in [-0.2, -0.15) is 0 Å². The maximum atomic E-state index is 13.1. The van der Waals surface area contributed by atoms with Crippen molar-refractivity contribution < 1.29 is 19.1 Å². The van der Waals surface area contributed by atoms with Crippen LogP contribution >= 0.6 is 11.3 Å². The van der Waals surface area contributed by atoms with Gasteiger partial charge in [-0.25, -0.2) is 9.78 Å². The van der Waals surface area contributed by atoms with Gasteiger partial charge in [-0.1, -0.05) is 30.3 Å². The van der Waals surface area contributed by atoms with Crippen molar-refractivity contribution in [2.75, 3.05) is 20.7 Å². The summed E-state index contributed by atoms with van der Waals surface area (Å²) in [6.45, 7) is 0.685. The maximum absolute atomic E-state index is 13.1. The highest BCUT2D eigenvalue weighted by Gasteiger charge is 2.46. The topological polar surface area (TPSA) is 94.8 Å². The quantitative estimate of drug-likeness (QED) is 0.471. The fourth-order valence-corrected chi connectivity index (χ4v) is 6.30. The third-order valence-corrected chi connectivity index (χ3v) is 8.26. The molecule has 1 amide bonds. The Morgan fingerprint density at radius 2 is 1.92 bits per heavy atom. The highest BCUT2D eigenvalue weighted by molar-refractivity contribution is 7.13. The minimum Gasteiger partial charge on any atom is -0.493 e. The molecule has 1 unspecified atom stereocenters. The lowest BCUT2D eigenvalue weighted by Crippen LogP contribution is -2.51. The molecule has 2 aromatic carbocycles. The molecular weight excluding hydrogens is 474 g/mol. The van der Waals surface area contributed by atoms with Gasteiger partial charge in [0, 0.05) is 23.4 Å². The largest absolute Gasteiger partial charge is 0.493 e. The third-order valence-electron chi connectivity index (χ3n) is 7.37. The zero-order chi connectivity index (χ0) is 25.3. The first-order chi connectivity index (χ1) is 17.4. The van der Waals surface area contributed by atoms with Crippen molar-refractivity contribution in [3.63, 3.8) is 0 Å². The molecule has 2 aliphatic rings. The number of ether oxygens (including phenoxy) is 2. The molecule has 1 atom stereocenters. The normalized spacial score (nSPS) is 22.0. The molecule has 2 heterocycles. The van der Waals surface area contributed by atoms with E-state index in [0.29, 0.717) is 25.4 Å². The van der Waals surface area contributed by atoms with E-state index in [2.05, 4.69) is 42.2 Å². The molecule has 0 spiro atoms. The van der Waals surface area contributed by atoms with Gasteiger partial charge in [0.2, 0.25) is 0 Å². The Bertz CT molecular complexity index is 1250. The summed E-state index contributed by atoms with van der Waals surface area (Å²) in [5.74, 6) is 0.0249. The molecule has 1 fully saturated rings. The number of fused-ring (bicyclic) bond motifs is 1. The molecule has 1 aliphatic heterocycles. The third kappa shape index (κ3) is 4.75. The second kappa shape index (κ2) is 10.0. The standard InChI is InChI=1S/C28H31N3O4S/c1-31(2)24(18-6-4-3-5-7-18)19-10-13-28(14-11-19,27(29)33)35-26(32)22-17-36-25(30-22)21-8-9-23-20(16-21)12-15-34-23/h3-9,16-17,19,24H,10-15H2,1-2H3,(H2,29,33). The summed E-state index contributed by atoms with van der Waals surface area (Å²) in [5, 5.41) is 2.41. The number of thiazole rings is 1. The van der Waals surface area contributed by atoms with E-state index in [4.69, 9.17) is 15.2 Å². The number of nitrogens with zero attached hydrogens (tertiary/aromatic N) is 2. The van der Waals surface area contributed by atoms with Crippen LogP contribution < -0.4 is 10.5 Å². The van der Waals surface area contributed by atoms with E-state index in [-0.39, 0.29) is 11.7 Å². The SMILES string of the molecule is CN(C)C(c1ccccc1)C1CCC(OC(=O)c2csc(-c3ccc4c(c3)CCO4)n2)(C(N)=O)CC1. The zero-order valence-electron chi connectivity index (χ0n) is 20.6. The molecule has 1 aliphatic carbocycles. The summed E-state index contributed by atoms with van der Waals surface area (Å²) >= 11 is 1.38. The molecule has 0 saturated heterocycles. The zero-order valence-corrected chi connectivity index (χ0v) is 21.4. The van der Waals surface area contributed by atoms with Gasteiger partial charge >= 0.3 is 5.97 Å². The first kappa shape index (κ1) is 24.5. The molecule has 2 N–H and O–H groups in total. The van der Waals surface area contributed by atoms with Crippen LogP contribution in [0.25, 0.3) is 10.6 Å². The van der Waals surface area contributed by atoms with Crippen molar-refractivity contribution in [1.82, 2.24) is 9.88 Å². The predicted octanol–water partition coefficient (Wildman–Crippen LogP) is 4.62. The van der Waals surface area contributed by atoms with Gasteiger partial charge < -0.3 is 20.1 Å². The van der Waals surface area contributed by atoms with E-state index in [1.54, 1.807) is 5.38 Å². The predicted molar refractivity (Wildman–Crippen MR) is 139 cm³/mol. The fraction of sp³-hybridized carbons (Fsp3) is 0.393. The van der Waals surface area contributed by atoms with Crippen LogP contribution in [0.4, 0.5) is 0 Å². The Morgan fingerprint density at radius 1 is 1.17 bits per heavy atom. The number of carbonyl (C=O) groups excluding carboxylic acids is 2. The van der Waals surface area contributed by atoms with E-state index in [9.17, 15) is 9.59 Å². The van der Waals surface area contributed by atoms with Crippen LogP contribution in [0.5, 0.6) is 5.75 Å². The molecule has 5 rings (SSSR count). The fourth-order valence-electron chi connectivity index (χ4n) is 5.51. The number of hydrogen-bond acceptors (Lipinski definition) is 7. The summed E-state index contributed by atoms with van der Waals surface area (Å²) in [7, 11) is 4.14. The molecule has 0 radical (unpaired) electrons. The van der Waals surface area contributed by atoms with Gasteiger partial charge in [-0.05, 0) is 75.0 Å². The van der Waals surface area contributed by atoms with E-state index in [1.165, 1.54) is 16.9 Å². The molecule has 36 heavy (non-hydrogen) atoms. The number of amides is 1. The number of hydrogen-bond donors (Lipinski definition) is 1. The number of nitrogens with two attached hydrogens (primary N) is 1. The minimum atomic E-state index is -1.31. The number of primary amides is 1. The van der Waals surface area contributed by atoms with Crippen LogP contribution in [0.3, 0.4) is 0 Å². The smallest absolute Gasteiger partial charge is 0.358 e. The average molecular weight is 506 g/mol. The Kier molecular flexibility index (Phi) is 6.81. The highest BCUT2D eigenvalue weighted by Crippen LogP contribution is 2.43. The van der Waals surface area contributed by atoms with Crippen molar-refractivity contribution in [2.24, 2.45) is 11.7 Å². The molecule has 8 heteroatoms. The Hall–Kier alpha value is -3.23. The molecule has 1 saturated carbocycles. The minimum absolute atomic E-state index is 0.199. The van der Waals surface area contributed by atoms with Gasteiger partial charge in [0.15, 0.2) is 11.3 Å². The monoisotopic (exact) mass is 505 g/mol. The number of benzene rings is 2. The first-order valence-electron chi connectivity index (χ1n) is 12.3. The maximum Gasteiger partial charge on any atom is 0.358 e. The van der Waals surface area contributed by atoms with E-state index < -0.39 is 17.5 Å². The second-order valence-electron chi connectivity index (χ2n) is 9.86. The molecule has 1 aromatic heterocycles. The van der Waals surface area contributed by atoms with Crippen molar-refractivity contribution in [2.45, 2.75) is 43.7 Å². The number of aromatic nitrogens is 1. The van der Waals surface area contributed by atoms with Gasteiger partial charge in [-0.3, -0.25) is 4.79 Å². The van der Waals surface area contributed by atoms with Crippen LogP contribution in [0, 0.1) is 5.92 Å². The van der Waals surface area contributed by atoms with Crippen LogP contribution in [0.15, 0.2) is 53.9 Å². The van der Waals surface area contributed by atoms with Crippen LogP contribution in [0.1, 0.15) is 53.3 Å². The van der Waals surface area contributed by atoms with E-state index in [1.807, 2.05) is 30.3 Å². The Labute approximate surface area is 215 Å². The Morgan fingerprint density at radius 3 is 2.61 bits per heavy atom. The summed E-state index contributed by atoms with van der Waals surface area (Å²) in [4.78, 5) is 32.4. The summed E-state index contributed by atoms with van der Waals surface area (Å²) < 4.78 is 11.4. The molecular formula is C28H31N3O4S. The van der Waals surface area contributed by atoms with Crippen LogP contribution in [-0.4, -0.2) is 48.1 Å². The molecule has 188 valence electrons. The van der Waals surface area contributed by atoms with E-state index >= 15 is 0 Å². The van der Waals surface area contributed by atoms with Gasteiger partial charge in [-0.15, -0.1) is 11.3 Å². The van der Waals surface area contributed by atoms with Crippen LogP contribution in [-0.2, 0) is 16.0 Å². The number of rotatable bonds is 7. The van der Waals surface area contributed by atoms with Crippen molar-refractivity contribution in [1.29, 1.82) is 0 Å². The summed E-state index contributed by atoms with van der Waals surface area (Å²) in [6, 6.07) is 16.5. The lowest BCUT2D eigenvalue weighted by molar-refractivity contribution is -0.142. The van der Waals surface area contributed by atoms with Crippen molar-refractivity contribution in [3.05, 3.63) is 70.7 Å². The second-order valence-corrected chi connectivity index (χ2v) is 10.7. The van der Waals surface area contributed by atoms with Gasteiger partial charge in [0.05, 0.1) is 6.61 Å². The number of carbonyl (C=O) groups is 2. The summed E-state index contributed by atoms with van der Waals surface area (Å²) in [6.07, 6.45) is 3.13. The lowest BCUT2D eigenvalue weighted by atomic mass is 9.73. The van der Waals surface area contributed by atoms with E-state index in [0.717, 1.165) is 41.1 Å². The highest BCUT2D eigenvalue weighted by atomic mass is 32.1. The van der Waals surface area contributed by atoms with Crippen molar-refractivity contribution >= 4 is 23.2 Å². The van der Waals surface area contributed by atoms with Crippen molar-refractivity contribution in [3.8, 4) is 16.3 Å².